The van der Waals surface area contributed by atoms with Gasteiger partial charge in [-0.2, -0.15) is 0 Å². The van der Waals surface area contributed by atoms with E-state index in [1.165, 1.54) is 58.0 Å². The second-order valence-electron chi connectivity index (χ2n) is 4.35. The topological polar surface area (TPSA) is 12.0 Å². The lowest BCUT2D eigenvalue weighted by Gasteiger charge is -2.08. The van der Waals surface area contributed by atoms with Crippen LogP contribution >= 0.6 is 0 Å². The fourth-order valence-electron chi connectivity index (χ4n) is 2.02. The van der Waals surface area contributed by atoms with E-state index >= 15 is 0 Å². The smallest absolute Gasteiger partial charge is 0.00205 e. The van der Waals surface area contributed by atoms with E-state index < -0.39 is 0 Å². The molecule has 1 radical (unpaired) electrons. The Bertz CT molecular complexity index is 123. The second-order valence-corrected chi connectivity index (χ2v) is 4.35. The zero-order valence-electron chi connectivity index (χ0n) is 7.94. The predicted molar refractivity (Wildman–Crippen MR) is 51.9 cm³/mol. The van der Waals surface area contributed by atoms with Gasteiger partial charge in [-0.1, -0.05) is 12.8 Å². The van der Waals surface area contributed by atoms with Crippen LogP contribution in [0.5, 0.6) is 0 Å². The van der Waals surface area contributed by atoms with Crippen molar-refractivity contribution in [3.05, 3.63) is 5.92 Å². The molecule has 2 aliphatic carbocycles. The minimum Gasteiger partial charge on any atom is -0.316 e. The zero-order chi connectivity index (χ0) is 8.23. The molecule has 0 unspecified atom stereocenters. The maximum Gasteiger partial charge on any atom is -0.00205 e. The van der Waals surface area contributed by atoms with Gasteiger partial charge in [0, 0.05) is 0 Å². The van der Waals surface area contributed by atoms with Crippen LogP contribution in [0.2, 0.25) is 0 Å². The Balaban J connectivity index is 1.44. The Hall–Kier alpha value is -0.0400. The fraction of sp³-hybridized carbons (Fsp3) is 0.909. The highest BCUT2D eigenvalue weighted by Gasteiger charge is 2.20. The molecule has 2 fully saturated rings. The summed E-state index contributed by atoms with van der Waals surface area (Å²) in [4.78, 5) is 0. The quantitative estimate of drug-likeness (QED) is 0.619. The van der Waals surface area contributed by atoms with E-state index in [9.17, 15) is 0 Å². The highest BCUT2D eigenvalue weighted by atomic mass is 14.9. The molecule has 1 N–H and O–H groups in total. The van der Waals surface area contributed by atoms with Crippen molar-refractivity contribution in [2.24, 2.45) is 5.92 Å². The number of nitrogens with one attached hydrogen (secondary N) is 1. The first-order chi connectivity index (χ1) is 5.95. The molecular weight excluding hydrogens is 146 g/mol. The van der Waals surface area contributed by atoms with E-state index in [4.69, 9.17) is 0 Å². The Morgan fingerprint density at radius 2 is 1.92 bits per heavy atom. The van der Waals surface area contributed by atoms with Crippen LogP contribution in [0.25, 0.3) is 0 Å². The normalized spacial score (nSPS) is 25.0. The minimum atomic E-state index is 1.04. The fourth-order valence-corrected chi connectivity index (χ4v) is 2.02. The van der Waals surface area contributed by atoms with E-state index in [1.807, 2.05) is 5.92 Å². The lowest BCUT2D eigenvalue weighted by atomic mass is 10.0. The lowest BCUT2D eigenvalue weighted by molar-refractivity contribution is 0.606. The molecule has 0 atom stereocenters. The molecule has 0 aromatic carbocycles. The molecule has 0 aromatic rings. The van der Waals surface area contributed by atoms with Gasteiger partial charge in [0.1, 0.15) is 0 Å². The first-order valence-electron chi connectivity index (χ1n) is 5.49. The largest absolute Gasteiger partial charge is 0.316 e. The molecular formula is C11H20N. The van der Waals surface area contributed by atoms with E-state index in [0.29, 0.717) is 0 Å². The molecule has 2 rings (SSSR count). The van der Waals surface area contributed by atoms with Crippen molar-refractivity contribution >= 4 is 0 Å². The van der Waals surface area contributed by atoms with Crippen molar-refractivity contribution in [2.75, 3.05) is 13.1 Å². The van der Waals surface area contributed by atoms with E-state index in [1.54, 1.807) is 0 Å². The minimum absolute atomic E-state index is 1.04. The second kappa shape index (κ2) is 4.27. The van der Waals surface area contributed by atoms with Crippen LogP contribution in [0, 0.1) is 11.8 Å². The molecule has 12 heavy (non-hydrogen) atoms. The molecule has 69 valence electrons. The Kier molecular flexibility index (Phi) is 3.04. The summed E-state index contributed by atoms with van der Waals surface area (Å²) in [5.41, 5.74) is 0. The predicted octanol–water partition coefficient (Wildman–Crippen LogP) is 2.52. The molecule has 2 saturated carbocycles. The molecule has 0 amide bonds. The lowest BCUT2D eigenvalue weighted by Crippen LogP contribution is -2.19. The summed E-state index contributed by atoms with van der Waals surface area (Å²) < 4.78 is 0. The van der Waals surface area contributed by atoms with Crippen molar-refractivity contribution < 1.29 is 0 Å². The van der Waals surface area contributed by atoms with Crippen molar-refractivity contribution in [1.29, 1.82) is 0 Å². The van der Waals surface area contributed by atoms with Gasteiger partial charge < -0.3 is 5.32 Å². The molecule has 0 aliphatic heterocycles. The molecule has 1 nitrogen and oxygen atoms in total. The van der Waals surface area contributed by atoms with Gasteiger partial charge in [-0.25, -0.2) is 0 Å². The van der Waals surface area contributed by atoms with Gasteiger partial charge in [-0.3, -0.25) is 0 Å². The summed E-state index contributed by atoms with van der Waals surface area (Å²) in [6, 6.07) is 0. The molecule has 0 spiro atoms. The van der Waals surface area contributed by atoms with Gasteiger partial charge in [0.2, 0.25) is 0 Å². The van der Waals surface area contributed by atoms with Gasteiger partial charge in [-0.05, 0) is 57.0 Å². The highest BCUT2D eigenvalue weighted by Crippen LogP contribution is 2.30. The average molecular weight is 166 g/mol. The third kappa shape index (κ3) is 2.78. The standard InChI is InChI=1S/C11H20N/c1-2-4-10(3-1)7-8-12-9-11-5-6-11/h11-12H,1-9H2. The van der Waals surface area contributed by atoms with E-state index in [2.05, 4.69) is 5.32 Å². The Labute approximate surface area is 75.9 Å². The summed E-state index contributed by atoms with van der Waals surface area (Å²) in [7, 11) is 0. The zero-order valence-corrected chi connectivity index (χ0v) is 7.94. The van der Waals surface area contributed by atoms with Crippen LogP contribution in [0.1, 0.15) is 44.9 Å². The molecule has 0 aromatic heterocycles. The van der Waals surface area contributed by atoms with Crippen LogP contribution in [-0.2, 0) is 0 Å². The van der Waals surface area contributed by atoms with Gasteiger partial charge in [0.25, 0.3) is 0 Å². The third-order valence-corrected chi connectivity index (χ3v) is 3.10. The third-order valence-electron chi connectivity index (χ3n) is 3.10. The van der Waals surface area contributed by atoms with Gasteiger partial charge >= 0.3 is 0 Å². The summed E-state index contributed by atoms with van der Waals surface area (Å²) in [6.45, 7) is 2.53. The Morgan fingerprint density at radius 1 is 1.17 bits per heavy atom. The van der Waals surface area contributed by atoms with E-state index in [0.717, 1.165) is 5.92 Å². The van der Waals surface area contributed by atoms with Crippen LogP contribution in [0.3, 0.4) is 0 Å². The van der Waals surface area contributed by atoms with Crippen molar-refractivity contribution in [2.45, 2.75) is 44.9 Å². The maximum atomic E-state index is 3.55. The SMILES string of the molecule is C1CC[C](CCNCC2CC2)C1. The van der Waals surface area contributed by atoms with Crippen LogP contribution in [-0.4, -0.2) is 13.1 Å². The van der Waals surface area contributed by atoms with Gasteiger partial charge in [0.05, 0.1) is 0 Å². The van der Waals surface area contributed by atoms with Crippen molar-refractivity contribution in [3.8, 4) is 0 Å². The van der Waals surface area contributed by atoms with Gasteiger partial charge in [-0.15, -0.1) is 0 Å². The molecule has 0 heterocycles. The average Bonchev–Trinajstić information content (AvgIpc) is 2.76. The molecule has 0 bridgehead atoms. The first-order valence-corrected chi connectivity index (χ1v) is 5.49. The summed E-state index contributed by atoms with van der Waals surface area (Å²) >= 11 is 0. The number of hydrogen-bond donors (Lipinski definition) is 1. The molecule has 1 heteroatoms. The van der Waals surface area contributed by atoms with Crippen molar-refractivity contribution in [3.63, 3.8) is 0 Å². The number of hydrogen-bond acceptors (Lipinski definition) is 1. The molecule has 2 aliphatic rings. The summed E-state index contributed by atoms with van der Waals surface area (Å²) in [6.07, 6.45) is 10.1. The first kappa shape index (κ1) is 8.55. The van der Waals surface area contributed by atoms with Crippen LogP contribution in [0.15, 0.2) is 0 Å². The van der Waals surface area contributed by atoms with Gasteiger partial charge in [0.15, 0.2) is 0 Å². The van der Waals surface area contributed by atoms with Crippen LogP contribution in [0.4, 0.5) is 0 Å². The summed E-state index contributed by atoms with van der Waals surface area (Å²) in [5, 5.41) is 3.55. The van der Waals surface area contributed by atoms with Crippen molar-refractivity contribution in [1.82, 2.24) is 5.32 Å². The maximum absolute atomic E-state index is 3.55. The molecule has 0 saturated heterocycles. The number of rotatable bonds is 5. The Morgan fingerprint density at radius 3 is 2.58 bits per heavy atom. The van der Waals surface area contributed by atoms with E-state index in [-0.39, 0.29) is 0 Å². The van der Waals surface area contributed by atoms with Crippen LogP contribution < -0.4 is 5.32 Å². The monoisotopic (exact) mass is 166 g/mol. The summed E-state index contributed by atoms with van der Waals surface area (Å²) in [5.74, 6) is 2.86. The highest BCUT2D eigenvalue weighted by molar-refractivity contribution is 4.94.